The summed E-state index contributed by atoms with van der Waals surface area (Å²) in [6, 6.07) is 5.13. The molecular weight excluding hydrogens is 375 g/mol. The van der Waals surface area contributed by atoms with Crippen LogP contribution in [-0.4, -0.2) is 40.8 Å². The Bertz CT molecular complexity index is 743. The number of alkyl halides is 3. The van der Waals surface area contributed by atoms with Crippen LogP contribution in [0, 0.1) is 5.92 Å². The third-order valence-electron chi connectivity index (χ3n) is 5.09. The lowest BCUT2D eigenvalue weighted by Gasteiger charge is -2.39. The van der Waals surface area contributed by atoms with Gasteiger partial charge in [0.15, 0.2) is 5.78 Å². The number of hydrogen-bond acceptors (Lipinski definition) is 4. The molecule has 8 heteroatoms. The highest BCUT2D eigenvalue weighted by Gasteiger charge is 2.47. The van der Waals surface area contributed by atoms with Crippen LogP contribution in [0.1, 0.15) is 56.8 Å². The van der Waals surface area contributed by atoms with Gasteiger partial charge in [0.25, 0.3) is 0 Å². The minimum absolute atomic E-state index is 0.0741. The maximum absolute atomic E-state index is 12.9. The van der Waals surface area contributed by atoms with Crippen LogP contribution in [-0.2, 0) is 4.74 Å². The number of para-hydroxylation sites is 1. The van der Waals surface area contributed by atoms with Crippen LogP contribution >= 0.6 is 0 Å². The van der Waals surface area contributed by atoms with Crippen LogP contribution in [0.2, 0.25) is 0 Å². The monoisotopic (exact) mass is 399 g/mol. The van der Waals surface area contributed by atoms with E-state index in [1.165, 1.54) is 18.2 Å². The largest absolute Gasteiger partial charge is 0.573 e. The summed E-state index contributed by atoms with van der Waals surface area (Å²) in [5.41, 5.74) is -0.688. The van der Waals surface area contributed by atoms with Crippen molar-refractivity contribution in [2.75, 3.05) is 0 Å². The van der Waals surface area contributed by atoms with Crippen LogP contribution in [0.3, 0.4) is 0 Å². The SMILES string of the molecule is CC(C)(C)OC(=O)N1C2CCC1CC(C(=O)c1ccccc1OC(F)(F)F)C2. The summed E-state index contributed by atoms with van der Waals surface area (Å²) in [5.74, 6) is -1.31. The number of carbonyl (C=O) groups excluding carboxylic acids is 2. The first-order valence-electron chi connectivity index (χ1n) is 9.35. The predicted octanol–water partition coefficient (Wildman–Crippen LogP) is 4.95. The molecule has 0 aliphatic carbocycles. The van der Waals surface area contributed by atoms with E-state index in [0.717, 1.165) is 18.9 Å². The van der Waals surface area contributed by atoms with Crippen molar-refractivity contribution < 1.29 is 32.2 Å². The Morgan fingerprint density at radius 2 is 1.61 bits per heavy atom. The molecule has 1 aromatic rings. The van der Waals surface area contributed by atoms with E-state index in [1.54, 1.807) is 25.7 Å². The van der Waals surface area contributed by atoms with E-state index in [2.05, 4.69) is 4.74 Å². The maximum atomic E-state index is 12.9. The lowest BCUT2D eigenvalue weighted by atomic mass is 9.84. The fourth-order valence-electron chi connectivity index (χ4n) is 4.11. The summed E-state index contributed by atoms with van der Waals surface area (Å²) in [5, 5.41) is 0. The normalized spacial score (nSPS) is 24.8. The summed E-state index contributed by atoms with van der Waals surface area (Å²) in [4.78, 5) is 27.2. The second-order valence-corrected chi connectivity index (χ2v) is 8.35. The van der Waals surface area contributed by atoms with Crippen molar-refractivity contribution in [3.63, 3.8) is 0 Å². The minimum Gasteiger partial charge on any atom is -0.444 e. The molecule has 0 saturated carbocycles. The number of ketones is 1. The molecule has 3 rings (SSSR count). The van der Waals surface area contributed by atoms with E-state index in [4.69, 9.17) is 4.74 Å². The van der Waals surface area contributed by atoms with Gasteiger partial charge in [0, 0.05) is 18.0 Å². The number of piperidine rings is 1. The molecular formula is C20H24F3NO4. The molecule has 2 fully saturated rings. The second-order valence-electron chi connectivity index (χ2n) is 8.35. The lowest BCUT2D eigenvalue weighted by Crippen LogP contribution is -2.49. The number of fused-ring (bicyclic) bond motifs is 2. The molecule has 28 heavy (non-hydrogen) atoms. The van der Waals surface area contributed by atoms with E-state index in [9.17, 15) is 22.8 Å². The highest BCUT2D eigenvalue weighted by atomic mass is 19.4. The van der Waals surface area contributed by atoms with Gasteiger partial charge < -0.3 is 14.4 Å². The van der Waals surface area contributed by atoms with Crippen LogP contribution in [0.25, 0.3) is 0 Å². The molecule has 2 heterocycles. The number of ether oxygens (including phenoxy) is 2. The number of Topliss-reactive ketones (excluding diaryl/α,β-unsaturated/α-hetero) is 1. The van der Waals surface area contributed by atoms with Gasteiger partial charge in [0.2, 0.25) is 0 Å². The molecule has 2 aliphatic rings. The molecule has 0 radical (unpaired) electrons. The molecule has 1 amide bonds. The Labute approximate surface area is 161 Å². The second kappa shape index (κ2) is 7.29. The summed E-state index contributed by atoms with van der Waals surface area (Å²) in [6.45, 7) is 5.38. The Hall–Kier alpha value is -2.25. The van der Waals surface area contributed by atoms with Gasteiger partial charge in [-0.25, -0.2) is 4.79 Å². The van der Waals surface area contributed by atoms with Crippen molar-refractivity contribution in [2.45, 2.75) is 70.5 Å². The zero-order valence-corrected chi connectivity index (χ0v) is 16.1. The van der Waals surface area contributed by atoms with Crippen molar-refractivity contribution in [1.29, 1.82) is 0 Å². The van der Waals surface area contributed by atoms with E-state index < -0.39 is 29.7 Å². The fraction of sp³-hybridized carbons (Fsp3) is 0.600. The Morgan fingerprint density at radius 3 is 2.14 bits per heavy atom. The zero-order valence-electron chi connectivity index (χ0n) is 16.1. The molecule has 5 nitrogen and oxygen atoms in total. The Morgan fingerprint density at radius 1 is 1.04 bits per heavy atom. The maximum Gasteiger partial charge on any atom is 0.573 e. The lowest BCUT2D eigenvalue weighted by molar-refractivity contribution is -0.274. The van der Waals surface area contributed by atoms with Gasteiger partial charge in [-0.1, -0.05) is 12.1 Å². The number of halogens is 3. The van der Waals surface area contributed by atoms with Gasteiger partial charge in [0.1, 0.15) is 11.4 Å². The van der Waals surface area contributed by atoms with Crippen LogP contribution in [0.4, 0.5) is 18.0 Å². The minimum atomic E-state index is -4.87. The average molecular weight is 399 g/mol. The predicted molar refractivity (Wildman–Crippen MR) is 95.1 cm³/mol. The molecule has 2 unspecified atom stereocenters. The van der Waals surface area contributed by atoms with E-state index in [-0.39, 0.29) is 23.4 Å². The van der Waals surface area contributed by atoms with Gasteiger partial charge in [-0.2, -0.15) is 0 Å². The first-order valence-corrected chi connectivity index (χ1v) is 9.35. The molecule has 2 bridgehead atoms. The van der Waals surface area contributed by atoms with Crippen molar-refractivity contribution in [2.24, 2.45) is 5.92 Å². The smallest absolute Gasteiger partial charge is 0.444 e. The third-order valence-corrected chi connectivity index (χ3v) is 5.09. The van der Waals surface area contributed by atoms with Gasteiger partial charge >= 0.3 is 12.5 Å². The number of benzene rings is 1. The quantitative estimate of drug-likeness (QED) is 0.675. The van der Waals surface area contributed by atoms with E-state index >= 15 is 0 Å². The van der Waals surface area contributed by atoms with Crippen molar-refractivity contribution >= 4 is 11.9 Å². The number of amides is 1. The average Bonchev–Trinajstić information content (AvgIpc) is 2.82. The van der Waals surface area contributed by atoms with Gasteiger partial charge in [-0.15, -0.1) is 13.2 Å². The third kappa shape index (κ3) is 4.59. The zero-order chi connectivity index (χ0) is 20.7. The molecule has 0 aromatic heterocycles. The van der Waals surface area contributed by atoms with Crippen LogP contribution in [0.15, 0.2) is 24.3 Å². The summed E-state index contributed by atoms with van der Waals surface area (Å²) in [7, 11) is 0. The summed E-state index contributed by atoms with van der Waals surface area (Å²) >= 11 is 0. The molecule has 2 saturated heterocycles. The number of rotatable bonds is 3. The highest BCUT2D eigenvalue weighted by Crippen LogP contribution is 2.41. The molecule has 1 aromatic carbocycles. The fourth-order valence-corrected chi connectivity index (χ4v) is 4.11. The van der Waals surface area contributed by atoms with E-state index in [1.807, 2.05) is 0 Å². The number of hydrogen-bond donors (Lipinski definition) is 0. The van der Waals surface area contributed by atoms with Crippen LogP contribution in [0.5, 0.6) is 5.75 Å². The van der Waals surface area contributed by atoms with Crippen molar-refractivity contribution in [3.8, 4) is 5.75 Å². The molecule has 2 aliphatic heterocycles. The number of nitrogens with zero attached hydrogens (tertiary/aromatic N) is 1. The van der Waals surface area contributed by atoms with E-state index in [0.29, 0.717) is 12.8 Å². The molecule has 2 atom stereocenters. The Balaban J connectivity index is 1.75. The molecule has 0 N–H and O–H groups in total. The van der Waals surface area contributed by atoms with Crippen molar-refractivity contribution in [3.05, 3.63) is 29.8 Å². The standard InChI is InChI=1S/C20H24F3NO4/c1-19(2,3)28-18(26)24-13-8-9-14(24)11-12(10-13)17(25)15-6-4-5-7-16(15)27-20(21,22)23/h4-7,12-14H,8-11H2,1-3H3. The topological polar surface area (TPSA) is 55.8 Å². The van der Waals surface area contributed by atoms with Crippen molar-refractivity contribution in [1.82, 2.24) is 4.90 Å². The number of carbonyl (C=O) groups is 2. The Kier molecular flexibility index (Phi) is 5.34. The first kappa shape index (κ1) is 20.5. The van der Waals surface area contributed by atoms with Crippen LogP contribution < -0.4 is 4.74 Å². The molecule has 154 valence electrons. The highest BCUT2D eigenvalue weighted by molar-refractivity contribution is 6.00. The first-order chi connectivity index (χ1) is 12.9. The molecule has 0 spiro atoms. The summed E-state index contributed by atoms with van der Waals surface area (Å²) < 4.78 is 47.4. The summed E-state index contributed by atoms with van der Waals surface area (Å²) in [6.07, 6.45) is -2.92. The van der Waals surface area contributed by atoms with Gasteiger partial charge in [-0.05, 0) is 58.6 Å². The van der Waals surface area contributed by atoms with Gasteiger partial charge in [-0.3, -0.25) is 4.79 Å². The van der Waals surface area contributed by atoms with Gasteiger partial charge in [0.05, 0.1) is 5.56 Å².